The Labute approximate surface area is 203 Å². The van der Waals surface area contributed by atoms with E-state index in [4.69, 9.17) is 9.47 Å². The number of anilines is 1. The highest BCUT2D eigenvalue weighted by atomic mass is 19.4. The van der Waals surface area contributed by atoms with E-state index in [-0.39, 0.29) is 5.69 Å². The number of nitrogens with zero attached hydrogens (tertiary/aromatic N) is 1. The van der Waals surface area contributed by atoms with Gasteiger partial charge in [-0.25, -0.2) is 0 Å². The van der Waals surface area contributed by atoms with Crippen LogP contribution in [0.5, 0.6) is 0 Å². The van der Waals surface area contributed by atoms with Gasteiger partial charge in [-0.3, -0.25) is 14.9 Å². The number of alkyl halides is 3. The maximum Gasteiger partial charge on any atom is 0.423 e. The maximum absolute atomic E-state index is 13.3. The lowest BCUT2D eigenvalue weighted by molar-refractivity contribution is -0.388. The fraction of sp³-hybridized carbons (Fsp3) is 0.708. The molecule has 0 aliphatic carbocycles. The van der Waals surface area contributed by atoms with Crippen LogP contribution in [0.4, 0.5) is 24.5 Å². The summed E-state index contributed by atoms with van der Waals surface area (Å²) in [6, 6.07) is 2.16. The highest BCUT2D eigenvalue weighted by Crippen LogP contribution is 2.38. The van der Waals surface area contributed by atoms with Gasteiger partial charge in [-0.15, -0.1) is 0 Å². The van der Waals surface area contributed by atoms with Gasteiger partial charge in [-0.05, 0) is 44.7 Å². The molecule has 0 saturated carbocycles. The summed E-state index contributed by atoms with van der Waals surface area (Å²) in [4.78, 5) is 22.8. The third-order valence-corrected chi connectivity index (χ3v) is 6.12. The second kappa shape index (κ2) is 13.2. The first-order valence-electron chi connectivity index (χ1n) is 12.1. The molecule has 3 atom stereocenters. The van der Waals surface area contributed by atoms with Crippen molar-refractivity contribution in [3.63, 3.8) is 0 Å². The Kier molecular flexibility index (Phi) is 10.9. The van der Waals surface area contributed by atoms with Crippen LogP contribution in [0.15, 0.2) is 18.2 Å². The minimum atomic E-state index is -4.99. The van der Waals surface area contributed by atoms with Gasteiger partial charge in [0.25, 0.3) is 11.6 Å². The summed E-state index contributed by atoms with van der Waals surface area (Å²) in [7, 11) is 0. The minimum absolute atomic E-state index is 0.319. The summed E-state index contributed by atoms with van der Waals surface area (Å²) in [6.07, 6.45) is 2.15. The molecule has 1 aromatic carbocycles. The molecule has 0 spiro atoms. The predicted octanol–water partition coefficient (Wildman–Crippen LogP) is 5.97. The van der Waals surface area contributed by atoms with E-state index in [0.717, 1.165) is 51.0 Å². The molecule has 1 aliphatic heterocycles. The Morgan fingerprint density at radius 2 is 1.94 bits per heavy atom. The van der Waals surface area contributed by atoms with Crippen LogP contribution in [0.2, 0.25) is 0 Å². The Hall–Kier alpha value is -2.24. The number of halogens is 3. The standard InChI is InChI=1S/C24H35F3N2O6/c1-3-4-5-6-7-8-11-20(35-21-12-9-10-15-34-21)23(2,31)22(30)28-17-13-14-19(29(32)33)18(16-17)24(25,26)27/h13-14,16,20-21,31H,3-12,15H2,1-2H3,(H,28,30). The van der Waals surface area contributed by atoms with E-state index in [1.165, 1.54) is 6.92 Å². The van der Waals surface area contributed by atoms with Gasteiger partial charge in [0.1, 0.15) is 5.56 Å². The number of nitro benzene ring substituents is 1. The second-order valence-electron chi connectivity index (χ2n) is 9.07. The monoisotopic (exact) mass is 504 g/mol. The number of unbranched alkanes of at least 4 members (excludes halogenated alkanes) is 5. The summed E-state index contributed by atoms with van der Waals surface area (Å²) < 4.78 is 51.5. The molecule has 1 saturated heterocycles. The molecule has 1 fully saturated rings. The zero-order valence-electron chi connectivity index (χ0n) is 20.2. The zero-order chi connectivity index (χ0) is 26.1. The lowest BCUT2D eigenvalue weighted by Crippen LogP contribution is -2.52. The topological polar surface area (TPSA) is 111 Å². The number of carbonyl (C=O) groups excluding carboxylic acids is 1. The van der Waals surface area contributed by atoms with Crippen molar-refractivity contribution in [3.05, 3.63) is 33.9 Å². The van der Waals surface area contributed by atoms with Crippen LogP contribution in [0.3, 0.4) is 0 Å². The number of nitrogens with one attached hydrogen (secondary N) is 1. The first kappa shape index (κ1) is 29.0. The number of rotatable bonds is 13. The smallest absolute Gasteiger partial charge is 0.378 e. The van der Waals surface area contributed by atoms with Crippen molar-refractivity contribution in [2.75, 3.05) is 11.9 Å². The SMILES string of the molecule is CCCCCCCCC(OC1CCCCO1)C(C)(O)C(=O)Nc1ccc([N+](=O)[O-])c(C(F)(F)F)c1. The van der Waals surface area contributed by atoms with Gasteiger partial charge in [-0.1, -0.05) is 45.4 Å². The van der Waals surface area contributed by atoms with Gasteiger partial charge < -0.3 is 19.9 Å². The summed E-state index contributed by atoms with van der Waals surface area (Å²) in [5, 5.41) is 24.4. The van der Waals surface area contributed by atoms with E-state index in [9.17, 15) is 33.2 Å². The molecule has 11 heteroatoms. The Morgan fingerprint density at radius 1 is 1.26 bits per heavy atom. The van der Waals surface area contributed by atoms with Crippen LogP contribution in [0, 0.1) is 10.1 Å². The molecule has 198 valence electrons. The molecule has 2 rings (SSSR count). The highest BCUT2D eigenvalue weighted by Gasteiger charge is 2.43. The Bertz CT molecular complexity index is 841. The number of amides is 1. The van der Waals surface area contributed by atoms with E-state index < -0.39 is 46.3 Å². The summed E-state index contributed by atoms with van der Waals surface area (Å²) in [5.74, 6) is -0.966. The third kappa shape index (κ3) is 8.73. The number of ether oxygens (including phenoxy) is 2. The third-order valence-electron chi connectivity index (χ3n) is 6.12. The number of hydrogen-bond donors (Lipinski definition) is 2. The second-order valence-corrected chi connectivity index (χ2v) is 9.07. The van der Waals surface area contributed by atoms with Gasteiger partial charge in [0.05, 0.1) is 11.0 Å². The fourth-order valence-electron chi connectivity index (χ4n) is 4.00. The van der Waals surface area contributed by atoms with Gasteiger partial charge in [-0.2, -0.15) is 13.2 Å². The molecule has 0 radical (unpaired) electrons. The van der Waals surface area contributed by atoms with Crippen LogP contribution in [0.1, 0.15) is 83.6 Å². The zero-order valence-corrected chi connectivity index (χ0v) is 20.2. The van der Waals surface area contributed by atoms with Crippen LogP contribution < -0.4 is 5.32 Å². The van der Waals surface area contributed by atoms with Gasteiger partial charge >= 0.3 is 6.18 Å². The lowest BCUT2D eigenvalue weighted by atomic mass is 9.92. The van der Waals surface area contributed by atoms with Crippen molar-refractivity contribution in [1.29, 1.82) is 0 Å². The Balaban J connectivity index is 2.16. The van der Waals surface area contributed by atoms with E-state index >= 15 is 0 Å². The molecule has 8 nitrogen and oxygen atoms in total. The van der Waals surface area contributed by atoms with Gasteiger partial charge in [0.15, 0.2) is 11.9 Å². The molecule has 0 aromatic heterocycles. The van der Waals surface area contributed by atoms with E-state index in [0.29, 0.717) is 38.0 Å². The van der Waals surface area contributed by atoms with Crippen molar-refractivity contribution >= 4 is 17.3 Å². The number of hydrogen-bond acceptors (Lipinski definition) is 6. The van der Waals surface area contributed by atoms with Crippen LogP contribution >= 0.6 is 0 Å². The van der Waals surface area contributed by atoms with Gasteiger partial charge in [0, 0.05) is 18.4 Å². The number of nitro groups is 1. The number of carbonyl (C=O) groups is 1. The van der Waals surface area contributed by atoms with Crippen LogP contribution in [0.25, 0.3) is 0 Å². The van der Waals surface area contributed by atoms with Crippen LogP contribution in [-0.2, 0) is 20.4 Å². The van der Waals surface area contributed by atoms with Crippen molar-refractivity contribution < 1.29 is 37.5 Å². The molecule has 1 amide bonds. The fourth-order valence-corrected chi connectivity index (χ4v) is 4.00. The summed E-state index contributed by atoms with van der Waals surface area (Å²) >= 11 is 0. The van der Waals surface area contributed by atoms with Gasteiger partial charge in [0.2, 0.25) is 0 Å². The molecule has 1 heterocycles. The molecule has 35 heavy (non-hydrogen) atoms. The molecule has 1 aromatic rings. The molecule has 3 unspecified atom stereocenters. The van der Waals surface area contributed by atoms with E-state index in [1.54, 1.807) is 0 Å². The lowest BCUT2D eigenvalue weighted by Gasteiger charge is -2.35. The quantitative estimate of drug-likeness (QED) is 0.195. The molecule has 0 bridgehead atoms. The number of aliphatic hydroxyl groups is 1. The average Bonchev–Trinajstić information content (AvgIpc) is 2.80. The van der Waals surface area contributed by atoms with E-state index in [1.807, 2.05) is 0 Å². The van der Waals surface area contributed by atoms with Crippen molar-refractivity contribution in [3.8, 4) is 0 Å². The highest BCUT2D eigenvalue weighted by molar-refractivity contribution is 5.97. The maximum atomic E-state index is 13.3. The van der Waals surface area contributed by atoms with Crippen LogP contribution in [-0.4, -0.2) is 40.5 Å². The average molecular weight is 505 g/mol. The minimum Gasteiger partial charge on any atom is -0.378 e. The van der Waals surface area contributed by atoms with Crippen molar-refractivity contribution in [2.24, 2.45) is 0 Å². The summed E-state index contributed by atoms with van der Waals surface area (Å²) in [5.41, 5.74) is -5.01. The summed E-state index contributed by atoms with van der Waals surface area (Å²) in [6.45, 7) is 3.88. The molecular formula is C24H35F3N2O6. The Morgan fingerprint density at radius 3 is 2.54 bits per heavy atom. The number of benzene rings is 1. The largest absolute Gasteiger partial charge is 0.423 e. The molecular weight excluding hydrogens is 469 g/mol. The predicted molar refractivity (Wildman–Crippen MR) is 124 cm³/mol. The molecule has 1 aliphatic rings. The van der Waals surface area contributed by atoms with E-state index in [2.05, 4.69) is 12.2 Å². The normalized spacial score (nSPS) is 19.1. The van der Waals surface area contributed by atoms with Crippen molar-refractivity contribution in [2.45, 2.75) is 102 Å². The first-order valence-corrected chi connectivity index (χ1v) is 12.1. The molecule has 2 N–H and O–H groups in total. The van der Waals surface area contributed by atoms with Crippen molar-refractivity contribution in [1.82, 2.24) is 0 Å². The first-order chi connectivity index (χ1) is 16.5.